The standard InChI is InChI=1S/C42H40N4O4S/c1-41(2,3)25-42(4,5)26-20-22-28(23-21-26)50-34-24-33(43-27-14-8-7-9-15-27)35-36-37(29-16-10-11-17-30(29)39(35)47)44-40(45-38(34)36)31-18-12-13-19-32(31)46-51(6,48)49/h7-24,43,46H,25H2,1-6H3. The Labute approximate surface area is 299 Å². The van der Waals surface area contributed by atoms with E-state index >= 15 is 0 Å². The topological polar surface area (TPSA) is 110 Å². The van der Waals surface area contributed by atoms with E-state index in [1.807, 2.05) is 66.7 Å². The van der Waals surface area contributed by atoms with Crippen molar-refractivity contribution < 1.29 is 17.9 Å². The molecule has 0 saturated heterocycles. The predicted molar refractivity (Wildman–Crippen MR) is 206 cm³/mol. The number of para-hydroxylation sites is 2. The molecule has 1 aliphatic carbocycles. The third-order valence-electron chi connectivity index (χ3n) is 8.94. The van der Waals surface area contributed by atoms with Crippen LogP contribution in [0.2, 0.25) is 0 Å². The molecule has 0 saturated carbocycles. The Bertz CT molecular complexity index is 2420. The van der Waals surface area contributed by atoms with Gasteiger partial charge >= 0.3 is 0 Å². The molecule has 0 radical (unpaired) electrons. The molecule has 0 spiro atoms. The van der Waals surface area contributed by atoms with Crippen LogP contribution in [-0.2, 0) is 15.4 Å². The molecular weight excluding hydrogens is 657 g/mol. The molecule has 0 amide bonds. The summed E-state index contributed by atoms with van der Waals surface area (Å²) >= 11 is 0. The molecular formula is C42H40N4O4S. The van der Waals surface area contributed by atoms with Gasteiger partial charge in [-0.2, -0.15) is 0 Å². The molecule has 0 aliphatic heterocycles. The highest BCUT2D eigenvalue weighted by molar-refractivity contribution is 7.92. The lowest BCUT2D eigenvalue weighted by atomic mass is 9.72. The molecule has 5 aromatic carbocycles. The number of nitrogens with zero attached hydrogens (tertiary/aromatic N) is 2. The first-order valence-corrected chi connectivity index (χ1v) is 18.8. The van der Waals surface area contributed by atoms with Gasteiger partial charge in [-0.1, -0.05) is 101 Å². The van der Waals surface area contributed by atoms with Crippen molar-refractivity contribution in [3.63, 3.8) is 0 Å². The SMILES string of the molecule is CC(C)(C)CC(C)(C)c1ccc(Oc2cc(Nc3ccccc3)c3c4c(nc(-c5ccccc5NS(C)(=O)=O)nc24)-c2ccccc2C3=O)cc1. The smallest absolute Gasteiger partial charge is 0.229 e. The van der Waals surface area contributed by atoms with Crippen LogP contribution in [0, 0.1) is 5.41 Å². The number of hydrogen-bond donors (Lipinski definition) is 2. The van der Waals surface area contributed by atoms with Crippen LogP contribution in [0.3, 0.4) is 0 Å². The monoisotopic (exact) mass is 696 g/mol. The number of sulfonamides is 1. The molecule has 0 unspecified atom stereocenters. The third kappa shape index (κ3) is 6.94. The number of carbonyl (C=O) groups excluding carboxylic acids is 1. The van der Waals surface area contributed by atoms with Gasteiger partial charge in [0.05, 0.1) is 28.9 Å². The van der Waals surface area contributed by atoms with Crippen molar-refractivity contribution in [2.24, 2.45) is 5.41 Å². The lowest BCUT2D eigenvalue weighted by molar-refractivity contribution is 0.104. The number of benzene rings is 5. The first-order chi connectivity index (χ1) is 24.2. The van der Waals surface area contributed by atoms with Gasteiger partial charge in [0, 0.05) is 33.8 Å². The fourth-order valence-corrected chi connectivity index (χ4v) is 7.78. The van der Waals surface area contributed by atoms with Crippen LogP contribution in [-0.4, -0.2) is 30.4 Å². The third-order valence-corrected chi connectivity index (χ3v) is 9.53. The minimum Gasteiger partial charge on any atom is -0.455 e. The Kier molecular flexibility index (Phi) is 8.42. The maximum absolute atomic E-state index is 14.4. The number of ketones is 1. The van der Waals surface area contributed by atoms with Crippen LogP contribution in [0.5, 0.6) is 11.5 Å². The van der Waals surface area contributed by atoms with Gasteiger partial charge in [0.1, 0.15) is 11.3 Å². The minimum atomic E-state index is -3.61. The van der Waals surface area contributed by atoms with Crippen LogP contribution in [0.25, 0.3) is 33.5 Å². The van der Waals surface area contributed by atoms with Crippen LogP contribution in [0.1, 0.15) is 62.5 Å². The van der Waals surface area contributed by atoms with E-state index in [9.17, 15) is 13.2 Å². The van der Waals surface area contributed by atoms with Crippen molar-refractivity contribution in [3.05, 3.63) is 126 Å². The van der Waals surface area contributed by atoms with Crippen LogP contribution >= 0.6 is 0 Å². The van der Waals surface area contributed by atoms with E-state index in [2.05, 4.69) is 56.8 Å². The van der Waals surface area contributed by atoms with Crippen LogP contribution < -0.4 is 14.8 Å². The number of nitrogens with one attached hydrogen (secondary N) is 2. The van der Waals surface area contributed by atoms with E-state index in [1.54, 1.807) is 30.3 Å². The molecule has 1 aromatic heterocycles. The van der Waals surface area contributed by atoms with E-state index < -0.39 is 10.0 Å². The number of anilines is 3. The van der Waals surface area contributed by atoms with Gasteiger partial charge in [0.25, 0.3) is 0 Å². The summed E-state index contributed by atoms with van der Waals surface area (Å²) in [5, 5.41) is 4.01. The molecule has 8 nitrogen and oxygen atoms in total. The molecule has 1 heterocycles. The Hall–Kier alpha value is -5.54. The van der Waals surface area contributed by atoms with Gasteiger partial charge in [-0.25, -0.2) is 18.4 Å². The highest BCUT2D eigenvalue weighted by Crippen LogP contribution is 2.47. The fourth-order valence-electron chi connectivity index (χ4n) is 7.20. The van der Waals surface area contributed by atoms with Crippen molar-refractivity contribution in [1.29, 1.82) is 0 Å². The molecule has 7 rings (SSSR count). The van der Waals surface area contributed by atoms with Crippen LogP contribution in [0.4, 0.5) is 17.1 Å². The zero-order valence-electron chi connectivity index (χ0n) is 29.5. The Morgan fingerprint density at radius 3 is 2.02 bits per heavy atom. The first kappa shape index (κ1) is 33.9. The molecule has 0 atom stereocenters. The second-order valence-corrected chi connectivity index (χ2v) is 16.7. The average Bonchev–Trinajstić information content (AvgIpc) is 3.07. The van der Waals surface area contributed by atoms with E-state index in [0.717, 1.165) is 18.4 Å². The van der Waals surface area contributed by atoms with Crippen molar-refractivity contribution in [3.8, 4) is 34.1 Å². The summed E-state index contributed by atoms with van der Waals surface area (Å²) in [5.41, 5.74) is 6.08. The molecule has 258 valence electrons. The van der Waals surface area contributed by atoms with Gasteiger partial charge in [0.2, 0.25) is 10.0 Å². The first-order valence-electron chi connectivity index (χ1n) is 16.9. The summed E-state index contributed by atoms with van der Waals surface area (Å²) in [6.45, 7) is 11.3. The van der Waals surface area contributed by atoms with Crippen molar-refractivity contribution >= 4 is 43.8 Å². The summed E-state index contributed by atoms with van der Waals surface area (Å²) < 4.78 is 34.0. The summed E-state index contributed by atoms with van der Waals surface area (Å²) in [4.78, 5) is 24.4. The molecule has 2 N–H and O–H groups in total. The number of carbonyl (C=O) groups is 1. The largest absolute Gasteiger partial charge is 0.455 e. The quantitative estimate of drug-likeness (QED) is 0.155. The van der Waals surface area contributed by atoms with Crippen molar-refractivity contribution in [2.75, 3.05) is 16.3 Å². The number of fused-ring (bicyclic) bond motifs is 2. The minimum absolute atomic E-state index is 0.0485. The number of aromatic nitrogens is 2. The normalized spacial score (nSPS) is 12.8. The second-order valence-electron chi connectivity index (χ2n) is 14.9. The highest BCUT2D eigenvalue weighted by Gasteiger charge is 2.33. The molecule has 1 aliphatic rings. The number of ether oxygens (including phenoxy) is 1. The second kappa shape index (κ2) is 12.7. The zero-order chi connectivity index (χ0) is 36.1. The zero-order valence-corrected chi connectivity index (χ0v) is 30.4. The Morgan fingerprint density at radius 2 is 1.35 bits per heavy atom. The van der Waals surface area contributed by atoms with Crippen LogP contribution in [0.15, 0.2) is 109 Å². The van der Waals surface area contributed by atoms with Gasteiger partial charge < -0.3 is 10.1 Å². The number of hydrogen-bond acceptors (Lipinski definition) is 7. The maximum Gasteiger partial charge on any atom is 0.229 e. The van der Waals surface area contributed by atoms with Gasteiger partial charge in [-0.15, -0.1) is 0 Å². The summed E-state index contributed by atoms with van der Waals surface area (Å²) in [6, 6.07) is 34.0. The maximum atomic E-state index is 14.4. The van der Waals surface area contributed by atoms with Crippen molar-refractivity contribution in [1.82, 2.24) is 9.97 Å². The molecule has 0 bridgehead atoms. The van der Waals surface area contributed by atoms with Gasteiger partial charge in [0.15, 0.2) is 17.4 Å². The number of rotatable bonds is 9. The Morgan fingerprint density at radius 1 is 0.725 bits per heavy atom. The van der Waals surface area contributed by atoms with E-state index in [0.29, 0.717) is 61.7 Å². The van der Waals surface area contributed by atoms with E-state index in [-0.39, 0.29) is 22.4 Å². The van der Waals surface area contributed by atoms with E-state index in [1.165, 1.54) is 5.56 Å². The van der Waals surface area contributed by atoms with Gasteiger partial charge in [-0.3, -0.25) is 9.52 Å². The fraction of sp³-hybridized carbons (Fsp3) is 0.214. The molecule has 51 heavy (non-hydrogen) atoms. The lowest BCUT2D eigenvalue weighted by Gasteiger charge is -2.33. The molecule has 6 aromatic rings. The molecule has 9 heteroatoms. The summed E-state index contributed by atoms with van der Waals surface area (Å²) in [6.07, 6.45) is 2.11. The lowest BCUT2D eigenvalue weighted by Crippen LogP contribution is -2.24. The Balaban J connectivity index is 1.47. The van der Waals surface area contributed by atoms with Crippen molar-refractivity contribution in [2.45, 2.75) is 46.5 Å². The van der Waals surface area contributed by atoms with E-state index in [4.69, 9.17) is 14.7 Å². The summed E-state index contributed by atoms with van der Waals surface area (Å²) in [7, 11) is -3.61. The molecule has 0 fully saturated rings. The predicted octanol–water partition coefficient (Wildman–Crippen LogP) is 10.1. The van der Waals surface area contributed by atoms with Gasteiger partial charge in [-0.05, 0) is 59.2 Å². The summed E-state index contributed by atoms with van der Waals surface area (Å²) in [5.74, 6) is 1.15. The average molecular weight is 697 g/mol. The highest BCUT2D eigenvalue weighted by atomic mass is 32.2.